The summed E-state index contributed by atoms with van der Waals surface area (Å²) >= 11 is 0. The van der Waals surface area contributed by atoms with Crippen LogP contribution in [0.1, 0.15) is 18.1 Å². The fourth-order valence-electron chi connectivity index (χ4n) is 2.23. The molecule has 0 fully saturated rings. The number of fused-ring (bicyclic) bond motifs is 1. The molecule has 0 radical (unpaired) electrons. The maximum Gasteiger partial charge on any atom is 0.0483 e. The summed E-state index contributed by atoms with van der Waals surface area (Å²) in [5, 5.41) is 1.37. The Morgan fingerprint density at radius 3 is 2.80 bits per heavy atom. The van der Waals surface area contributed by atoms with Gasteiger partial charge in [-0.15, -0.1) is 0 Å². The molecule has 0 aliphatic heterocycles. The predicted octanol–water partition coefficient (Wildman–Crippen LogP) is 2.38. The highest BCUT2D eigenvalue weighted by molar-refractivity contribution is 5.87. The number of nitrogens with two attached hydrogens (primary N) is 1. The molecule has 2 heteroatoms. The largest absolute Gasteiger partial charge is 0.350 e. The van der Waals surface area contributed by atoms with Crippen molar-refractivity contribution in [2.24, 2.45) is 12.8 Å². The maximum absolute atomic E-state index is 5.87. The summed E-state index contributed by atoms with van der Waals surface area (Å²) < 4.78 is 2.18. The van der Waals surface area contributed by atoms with E-state index in [1.54, 1.807) is 0 Å². The summed E-state index contributed by atoms with van der Waals surface area (Å²) in [6.07, 6.45) is 3.14. The fraction of sp³-hybridized carbons (Fsp3) is 0.385. The Labute approximate surface area is 90.7 Å². The van der Waals surface area contributed by atoms with Crippen LogP contribution in [0.3, 0.4) is 0 Å². The zero-order valence-corrected chi connectivity index (χ0v) is 9.62. The van der Waals surface area contributed by atoms with Crippen molar-refractivity contribution in [3.63, 3.8) is 0 Å². The summed E-state index contributed by atoms with van der Waals surface area (Å²) in [6, 6.07) is 6.64. The van der Waals surface area contributed by atoms with Gasteiger partial charge >= 0.3 is 0 Å². The van der Waals surface area contributed by atoms with E-state index in [2.05, 4.69) is 49.9 Å². The van der Waals surface area contributed by atoms with Gasteiger partial charge in [0.2, 0.25) is 0 Å². The van der Waals surface area contributed by atoms with Crippen molar-refractivity contribution in [1.29, 1.82) is 0 Å². The maximum atomic E-state index is 5.87. The first-order chi connectivity index (χ1) is 7.09. The summed E-state index contributed by atoms with van der Waals surface area (Å²) in [4.78, 5) is 0. The number of nitrogens with zero attached hydrogens (tertiary/aromatic N) is 1. The van der Waals surface area contributed by atoms with Crippen molar-refractivity contribution in [2.75, 3.05) is 0 Å². The normalized spacial score (nSPS) is 13.3. The molecule has 0 amide bonds. The van der Waals surface area contributed by atoms with Gasteiger partial charge in [0.1, 0.15) is 0 Å². The monoisotopic (exact) mass is 202 g/mol. The number of aromatic nitrogens is 1. The van der Waals surface area contributed by atoms with E-state index in [0.29, 0.717) is 0 Å². The van der Waals surface area contributed by atoms with Gasteiger partial charge in [-0.25, -0.2) is 0 Å². The minimum Gasteiger partial charge on any atom is -0.350 e. The zero-order valence-electron chi connectivity index (χ0n) is 9.62. The summed E-state index contributed by atoms with van der Waals surface area (Å²) in [7, 11) is 2.09. The molecule has 0 spiro atoms. The highest BCUT2D eigenvalue weighted by Gasteiger charge is 2.09. The number of benzene rings is 1. The van der Waals surface area contributed by atoms with Gasteiger partial charge in [0.25, 0.3) is 0 Å². The second-order valence-corrected chi connectivity index (χ2v) is 4.42. The van der Waals surface area contributed by atoms with Gasteiger partial charge in [-0.2, -0.15) is 0 Å². The molecule has 2 N–H and O–H groups in total. The van der Waals surface area contributed by atoms with Gasteiger partial charge < -0.3 is 10.3 Å². The van der Waals surface area contributed by atoms with Crippen LogP contribution in [-0.4, -0.2) is 10.6 Å². The molecule has 1 atom stereocenters. The van der Waals surface area contributed by atoms with Crippen LogP contribution in [0.5, 0.6) is 0 Å². The van der Waals surface area contributed by atoms with E-state index in [9.17, 15) is 0 Å². The predicted molar refractivity (Wildman–Crippen MR) is 65.0 cm³/mol. The van der Waals surface area contributed by atoms with E-state index in [1.807, 2.05) is 0 Å². The van der Waals surface area contributed by atoms with Crippen molar-refractivity contribution in [1.82, 2.24) is 4.57 Å². The molecule has 15 heavy (non-hydrogen) atoms. The van der Waals surface area contributed by atoms with E-state index >= 15 is 0 Å². The number of hydrogen-bond acceptors (Lipinski definition) is 1. The molecular formula is C13H18N2. The van der Waals surface area contributed by atoms with E-state index in [4.69, 9.17) is 5.73 Å². The number of hydrogen-bond donors (Lipinski definition) is 1. The van der Waals surface area contributed by atoms with E-state index < -0.39 is 0 Å². The molecule has 0 saturated heterocycles. The molecule has 1 unspecified atom stereocenters. The summed E-state index contributed by atoms with van der Waals surface area (Å²) in [5.74, 6) is 0. The standard InChI is InChI=1S/C13H18N2/c1-9-5-4-6-12-13(9)11(7-10(2)14)8-15(12)3/h4-6,8,10H,7,14H2,1-3H3. The second-order valence-electron chi connectivity index (χ2n) is 4.42. The van der Waals surface area contributed by atoms with Gasteiger partial charge in [-0.1, -0.05) is 12.1 Å². The quantitative estimate of drug-likeness (QED) is 0.796. The lowest BCUT2D eigenvalue weighted by molar-refractivity contribution is 0.738. The molecule has 2 nitrogen and oxygen atoms in total. The lowest BCUT2D eigenvalue weighted by atomic mass is 10.0. The molecule has 2 rings (SSSR count). The van der Waals surface area contributed by atoms with Crippen LogP contribution >= 0.6 is 0 Å². The fourth-order valence-corrected chi connectivity index (χ4v) is 2.23. The first-order valence-electron chi connectivity index (χ1n) is 5.38. The third kappa shape index (κ3) is 1.77. The van der Waals surface area contributed by atoms with E-state index in [-0.39, 0.29) is 6.04 Å². The SMILES string of the molecule is Cc1cccc2c1c(CC(C)N)cn2C. The molecular weight excluding hydrogens is 184 g/mol. The molecule has 0 aliphatic rings. The second kappa shape index (κ2) is 3.70. The highest BCUT2D eigenvalue weighted by Crippen LogP contribution is 2.24. The number of rotatable bonds is 2. The van der Waals surface area contributed by atoms with Crippen LogP contribution in [0.2, 0.25) is 0 Å². The Kier molecular flexibility index (Phi) is 2.53. The summed E-state index contributed by atoms with van der Waals surface area (Å²) in [5.41, 5.74) is 9.86. The third-order valence-electron chi connectivity index (χ3n) is 2.84. The summed E-state index contributed by atoms with van der Waals surface area (Å²) in [6.45, 7) is 4.21. The van der Waals surface area contributed by atoms with Crippen LogP contribution in [0.4, 0.5) is 0 Å². The van der Waals surface area contributed by atoms with Crippen LogP contribution in [-0.2, 0) is 13.5 Å². The molecule has 1 heterocycles. The Balaban J connectivity index is 2.65. The molecule has 1 aromatic heterocycles. The first kappa shape index (κ1) is 10.2. The van der Waals surface area contributed by atoms with E-state index in [1.165, 1.54) is 22.0 Å². The minimum atomic E-state index is 0.218. The van der Waals surface area contributed by atoms with Gasteiger partial charge in [-0.3, -0.25) is 0 Å². The molecule has 0 aliphatic carbocycles. The Morgan fingerprint density at radius 2 is 2.13 bits per heavy atom. The van der Waals surface area contributed by atoms with Crippen molar-refractivity contribution < 1.29 is 0 Å². The zero-order chi connectivity index (χ0) is 11.0. The lowest BCUT2D eigenvalue weighted by Crippen LogP contribution is -2.17. The molecule has 80 valence electrons. The van der Waals surface area contributed by atoms with Gasteiger partial charge in [0, 0.05) is 30.2 Å². The van der Waals surface area contributed by atoms with Crippen molar-refractivity contribution in [3.05, 3.63) is 35.5 Å². The van der Waals surface area contributed by atoms with Crippen LogP contribution in [0, 0.1) is 6.92 Å². The van der Waals surface area contributed by atoms with E-state index in [0.717, 1.165) is 6.42 Å². The first-order valence-corrected chi connectivity index (χ1v) is 5.38. The molecule has 2 aromatic rings. The smallest absolute Gasteiger partial charge is 0.0483 e. The highest BCUT2D eigenvalue weighted by atomic mass is 14.9. The van der Waals surface area contributed by atoms with Crippen LogP contribution in [0.15, 0.2) is 24.4 Å². The topological polar surface area (TPSA) is 30.9 Å². The Hall–Kier alpha value is -1.28. The van der Waals surface area contributed by atoms with Gasteiger partial charge in [0.05, 0.1) is 0 Å². The van der Waals surface area contributed by atoms with Gasteiger partial charge in [0.15, 0.2) is 0 Å². The Morgan fingerprint density at radius 1 is 1.40 bits per heavy atom. The van der Waals surface area contributed by atoms with Crippen LogP contribution < -0.4 is 5.73 Å². The molecule has 1 aromatic carbocycles. The van der Waals surface area contributed by atoms with Crippen molar-refractivity contribution >= 4 is 10.9 Å². The lowest BCUT2D eigenvalue weighted by Gasteiger charge is -2.04. The third-order valence-corrected chi connectivity index (χ3v) is 2.84. The average molecular weight is 202 g/mol. The van der Waals surface area contributed by atoms with Gasteiger partial charge in [-0.05, 0) is 37.5 Å². The number of aryl methyl sites for hydroxylation is 2. The Bertz CT molecular complexity index is 480. The molecule has 0 bridgehead atoms. The van der Waals surface area contributed by atoms with Crippen molar-refractivity contribution in [3.8, 4) is 0 Å². The molecule has 0 saturated carbocycles. The van der Waals surface area contributed by atoms with Crippen molar-refractivity contribution in [2.45, 2.75) is 26.3 Å². The minimum absolute atomic E-state index is 0.218. The van der Waals surface area contributed by atoms with Crippen LogP contribution in [0.25, 0.3) is 10.9 Å². The average Bonchev–Trinajstić information content (AvgIpc) is 2.44.